The number of rotatable bonds is 11. The highest BCUT2D eigenvalue weighted by Crippen LogP contribution is 2.22. The molecule has 2 rings (SSSR count). The fourth-order valence-electron chi connectivity index (χ4n) is 2.53. The van der Waals surface area contributed by atoms with Gasteiger partial charge in [-0.1, -0.05) is 38.0 Å². The monoisotopic (exact) mass is 370 g/mol. The van der Waals surface area contributed by atoms with E-state index in [1.54, 1.807) is 24.3 Å². The van der Waals surface area contributed by atoms with E-state index < -0.39 is 12.0 Å². The standard InChI is InChI=1S/C21H26N2O4/c1-2-3-7-14-22-19(21(25)26)15-20(24)23-16-10-12-18(13-11-16)27-17-8-5-4-6-9-17/h4-6,8-13,19,22H,2-3,7,14-15H2,1H3,(H,23,24)(H,25,26)/t19-/m1/s1. The van der Waals surface area contributed by atoms with Crippen LogP contribution in [0.5, 0.6) is 11.5 Å². The Labute approximate surface area is 159 Å². The van der Waals surface area contributed by atoms with Crippen LogP contribution in [-0.2, 0) is 9.59 Å². The molecule has 0 unspecified atom stereocenters. The number of carboxylic acid groups (broad SMARTS) is 1. The second-order valence-corrected chi connectivity index (χ2v) is 6.24. The van der Waals surface area contributed by atoms with E-state index >= 15 is 0 Å². The number of carboxylic acids is 1. The third-order valence-corrected chi connectivity index (χ3v) is 3.98. The minimum Gasteiger partial charge on any atom is -0.480 e. The Morgan fingerprint density at radius 1 is 1.00 bits per heavy atom. The van der Waals surface area contributed by atoms with E-state index in [2.05, 4.69) is 17.6 Å². The molecular formula is C21H26N2O4. The van der Waals surface area contributed by atoms with Crippen molar-refractivity contribution in [3.8, 4) is 11.5 Å². The average molecular weight is 370 g/mol. The zero-order valence-corrected chi connectivity index (χ0v) is 15.5. The molecule has 0 radical (unpaired) electrons. The van der Waals surface area contributed by atoms with Crippen molar-refractivity contribution in [2.45, 2.75) is 38.6 Å². The number of para-hydroxylation sites is 1. The Bertz CT molecular complexity index is 717. The number of aliphatic carboxylic acids is 1. The molecular weight excluding hydrogens is 344 g/mol. The molecule has 0 aliphatic rings. The highest BCUT2D eigenvalue weighted by molar-refractivity contribution is 5.94. The topological polar surface area (TPSA) is 87.7 Å². The van der Waals surface area contributed by atoms with Gasteiger partial charge in [0.1, 0.15) is 17.5 Å². The van der Waals surface area contributed by atoms with Gasteiger partial charge in [-0.15, -0.1) is 0 Å². The first kappa shape index (κ1) is 20.5. The van der Waals surface area contributed by atoms with Crippen molar-refractivity contribution in [1.29, 1.82) is 0 Å². The lowest BCUT2D eigenvalue weighted by molar-refractivity contribution is -0.141. The van der Waals surface area contributed by atoms with Crippen molar-refractivity contribution in [3.05, 3.63) is 54.6 Å². The van der Waals surface area contributed by atoms with Crippen LogP contribution in [0.3, 0.4) is 0 Å². The van der Waals surface area contributed by atoms with Crippen molar-refractivity contribution in [2.75, 3.05) is 11.9 Å². The lowest BCUT2D eigenvalue weighted by atomic mass is 10.1. The molecule has 0 saturated heterocycles. The van der Waals surface area contributed by atoms with Gasteiger partial charge in [0.2, 0.25) is 5.91 Å². The molecule has 0 bridgehead atoms. The zero-order chi connectivity index (χ0) is 19.5. The third-order valence-electron chi connectivity index (χ3n) is 3.98. The molecule has 0 spiro atoms. The predicted molar refractivity (Wildman–Crippen MR) is 105 cm³/mol. The molecule has 1 amide bonds. The van der Waals surface area contributed by atoms with Crippen molar-refractivity contribution in [2.24, 2.45) is 0 Å². The van der Waals surface area contributed by atoms with Gasteiger partial charge in [-0.2, -0.15) is 0 Å². The van der Waals surface area contributed by atoms with Gasteiger partial charge in [0.25, 0.3) is 0 Å². The molecule has 2 aromatic carbocycles. The molecule has 0 aliphatic carbocycles. The van der Waals surface area contributed by atoms with Crippen LogP contribution in [0.2, 0.25) is 0 Å². The van der Waals surface area contributed by atoms with Crippen molar-refractivity contribution >= 4 is 17.6 Å². The Morgan fingerprint density at radius 2 is 1.67 bits per heavy atom. The van der Waals surface area contributed by atoms with Crippen molar-refractivity contribution < 1.29 is 19.4 Å². The summed E-state index contributed by atoms with van der Waals surface area (Å²) in [7, 11) is 0. The van der Waals surface area contributed by atoms with E-state index in [4.69, 9.17) is 4.74 Å². The van der Waals surface area contributed by atoms with Crippen LogP contribution in [-0.4, -0.2) is 29.6 Å². The molecule has 2 aromatic rings. The van der Waals surface area contributed by atoms with Gasteiger partial charge in [0.15, 0.2) is 0 Å². The van der Waals surface area contributed by atoms with E-state index in [0.29, 0.717) is 18.0 Å². The Hall–Kier alpha value is -2.86. The number of hydrogen-bond donors (Lipinski definition) is 3. The van der Waals surface area contributed by atoms with Crippen molar-refractivity contribution in [1.82, 2.24) is 5.32 Å². The first-order valence-corrected chi connectivity index (χ1v) is 9.17. The average Bonchev–Trinajstić information content (AvgIpc) is 2.66. The fraction of sp³-hybridized carbons (Fsp3) is 0.333. The summed E-state index contributed by atoms with van der Waals surface area (Å²) < 4.78 is 5.70. The molecule has 6 heteroatoms. The lowest BCUT2D eigenvalue weighted by Crippen LogP contribution is -2.40. The van der Waals surface area contributed by atoms with Gasteiger partial charge >= 0.3 is 5.97 Å². The van der Waals surface area contributed by atoms with E-state index in [-0.39, 0.29) is 12.3 Å². The van der Waals surface area contributed by atoms with Crippen LogP contribution in [0.25, 0.3) is 0 Å². The Balaban J connectivity index is 1.84. The molecule has 0 aliphatic heterocycles. The van der Waals surface area contributed by atoms with Crippen molar-refractivity contribution in [3.63, 3.8) is 0 Å². The highest BCUT2D eigenvalue weighted by Gasteiger charge is 2.20. The maximum Gasteiger partial charge on any atom is 0.321 e. The minimum absolute atomic E-state index is 0.121. The number of benzene rings is 2. The summed E-state index contributed by atoms with van der Waals surface area (Å²) in [4.78, 5) is 23.5. The number of ether oxygens (including phenoxy) is 1. The van der Waals surface area contributed by atoms with E-state index in [1.807, 2.05) is 30.3 Å². The molecule has 144 valence electrons. The van der Waals surface area contributed by atoms with Crippen LogP contribution in [0.4, 0.5) is 5.69 Å². The molecule has 0 aromatic heterocycles. The van der Waals surface area contributed by atoms with Crippen LogP contribution in [0.1, 0.15) is 32.6 Å². The van der Waals surface area contributed by atoms with Crippen LogP contribution >= 0.6 is 0 Å². The molecule has 0 fully saturated rings. The second-order valence-electron chi connectivity index (χ2n) is 6.24. The van der Waals surface area contributed by atoms with Crippen LogP contribution in [0, 0.1) is 0 Å². The fourth-order valence-corrected chi connectivity index (χ4v) is 2.53. The number of hydrogen-bond acceptors (Lipinski definition) is 4. The number of carbonyl (C=O) groups is 2. The Kier molecular flexibility index (Phi) is 8.32. The smallest absolute Gasteiger partial charge is 0.321 e. The van der Waals surface area contributed by atoms with Gasteiger partial charge in [-0.05, 0) is 49.4 Å². The Morgan fingerprint density at radius 3 is 2.30 bits per heavy atom. The SMILES string of the molecule is CCCCCN[C@H](CC(=O)Nc1ccc(Oc2ccccc2)cc1)C(=O)O. The summed E-state index contributed by atoms with van der Waals surface area (Å²) in [6, 6.07) is 15.5. The van der Waals surface area contributed by atoms with Crippen LogP contribution in [0.15, 0.2) is 54.6 Å². The number of unbranched alkanes of at least 4 members (excludes halogenated alkanes) is 2. The molecule has 0 heterocycles. The summed E-state index contributed by atoms with van der Waals surface area (Å²) in [5.41, 5.74) is 0.593. The van der Waals surface area contributed by atoms with E-state index in [9.17, 15) is 14.7 Å². The van der Waals surface area contributed by atoms with Crippen LogP contribution < -0.4 is 15.4 Å². The second kappa shape index (κ2) is 11.0. The summed E-state index contributed by atoms with van der Waals surface area (Å²) in [6.45, 7) is 2.67. The quantitative estimate of drug-likeness (QED) is 0.520. The molecule has 27 heavy (non-hydrogen) atoms. The van der Waals surface area contributed by atoms with Gasteiger partial charge < -0.3 is 20.5 Å². The first-order chi connectivity index (χ1) is 13.1. The largest absolute Gasteiger partial charge is 0.480 e. The summed E-state index contributed by atoms with van der Waals surface area (Å²) >= 11 is 0. The zero-order valence-electron chi connectivity index (χ0n) is 15.5. The molecule has 3 N–H and O–H groups in total. The van der Waals surface area contributed by atoms with E-state index in [1.165, 1.54) is 0 Å². The predicted octanol–water partition coefficient (Wildman–Crippen LogP) is 4.04. The summed E-state index contributed by atoms with van der Waals surface area (Å²) in [6.07, 6.45) is 2.86. The maximum atomic E-state index is 12.1. The number of nitrogens with one attached hydrogen (secondary N) is 2. The van der Waals surface area contributed by atoms with Gasteiger partial charge in [-0.25, -0.2) is 0 Å². The number of amides is 1. The summed E-state index contributed by atoms with van der Waals surface area (Å²) in [5.74, 6) is 0.0170. The molecule has 0 saturated carbocycles. The normalized spacial score (nSPS) is 11.6. The minimum atomic E-state index is -1.02. The lowest BCUT2D eigenvalue weighted by Gasteiger charge is -2.14. The number of anilines is 1. The van der Waals surface area contributed by atoms with E-state index in [0.717, 1.165) is 25.0 Å². The number of carbonyl (C=O) groups excluding carboxylic acids is 1. The molecule has 1 atom stereocenters. The highest BCUT2D eigenvalue weighted by atomic mass is 16.5. The third kappa shape index (κ3) is 7.50. The maximum absolute atomic E-state index is 12.1. The molecule has 6 nitrogen and oxygen atoms in total. The van der Waals surface area contributed by atoms with Gasteiger partial charge in [-0.3, -0.25) is 9.59 Å². The van der Waals surface area contributed by atoms with Gasteiger partial charge in [0.05, 0.1) is 6.42 Å². The van der Waals surface area contributed by atoms with Gasteiger partial charge in [0, 0.05) is 5.69 Å². The first-order valence-electron chi connectivity index (χ1n) is 9.17. The summed E-state index contributed by atoms with van der Waals surface area (Å²) in [5, 5.41) is 14.9.